The summed E-state index contributed by atoms with van der Waals surface area (Å²) in [5.74, 6) is -1.40. The summed E-state index contributed by atoms with van der Waals surface area (Å²) in [6.07, 6.45) is -3.92. The second-order valence-corrected chi connectivity index (χ2v) is 13.7. The Bertz CT molecular complexity index is 1760. The van der Waals surface area contributed by atoms with E-state index >= 15 is 0 Å². The highest BCUT2D eigenvalue weighted by Gasteiger charge is 2.49. The first-order valence-electron chi connectivity index (χ1n) is 15.5. The predicted molar refractivity (Wildman–Crippen MR) is 168 cm³/mol. The number of pyridine rings is 1. The second-order valence-electron chi connectivity index (χ2n) is 13.3. The van der Waals surface area contributed by atoms with Crippen molar-refractivity contribution in [1.29, 1.82) is 0 Å². The van der Waals surface area contributed by atoms with Gasteiger partial charge in [0, 0.05) is 38.2 Å². The summed E-state index contributed by atoms with van der Waals surface area (Å²) in [5, 5.41) is 4.51. The van der Waals surface area contributed by atoms with Crippen LogP contribution in [-0.4, -0.2) is 69.7 Å². The Morgan fingerprint density at radius 3 is 2.60 bits per heavy atom. The maximum absolute atomic E-state index is 14.1. The van der Waals surface area contributed by atoms with Gasteiger partial charge in [0.1, 0.15) is 17.5 Å². The molecule has 3 aliphatic rings. The van der Waals surface area contributed by atoms with Crippen molar-refractivity contribution in [2.24, 2.45) is 5.92 Å². The van der Waals surface area contributed by atoms with Crippen molar-refractivity contribution < 1.29 is 36.8 Å². The quantitative estimate of drug-likeness (QED) is 0.328. The fraction of sp³-hybridized carbons (Fsp3) is 0.500. The van der Waals surface area contributed by atoms with Gasteiger partial charge in [-0.3, -0.25) is 19.4 Å². The summed E-state index contributed by atoms with van der Waals surface area (Å²) in [7, 11) is 1.53. The Labute approximate surface area is 279 Å². The number of amides is 3. The Balaban J connectivity index is 1.34. The first-order valence-corrected chi connectivity index (χ1v) is 15.9. The molecule has 6 rings (SSSR count). The molecule has 5 heterocycles. The van der Waals surface area contributed by atoms with Gasteiger partial charge in [-0.25, -0.2) is 9.78 Å². The van der Waals surface area contributed by atoms with Crippen LogP contribution < -0.4 is 14.7 Å². The van der Waals surface area contributed by atoms with Crippen molar-refractivity contribution in [2.45, 2.75) is 77.4 Å². The number of anilines is 3. The number of likely N-dealkylation sites (tertiary alicyclic amines) is 1. The van der Waals surface area contributed by atoms with E-state index in [9.17, 15) is 27.6 Å². The number of carbonyl (C=O) groups excluding carboxylic acids is 3. The highest BCUT2D eigenvalue weighted by molar-refractivity contribution is 6.34. The predicted octanol–water partition coefficient (Wildman–Crippen LogP) is 5.92. The number of aryl methyl sites for hydroxylation is 1. The minimum atomic E-state index is -4.68. The standard InChI is InChI=1S/C32H35ClF3N7O5/c1-17-12-19(32(34,35)36)14-23(37-17)43-25(44)13-18-15-41(27-20(33)8-6-9-21(27)40(5)29(45)26(18)43)16-24-38-28(39-48-24)22-10-7-11-42(22)30(46)47-31(2,3)4/h6,8-9,12,14,18,22,26H,7,10-11,13,15-16H2,1-5H3/t18-,22-,26+/m1/s1. The number of para-hydroxylation sites is 1. The van der Waals surface area contributed by atoms with Gasteiger partial charge in [0.05, 0.1) is 34.5 Å². The van der Waals surface area contributed by atoms with E-state index in [2.05, 4.69) is 15.1 Å². The van der Waals surface area contributed by atoms with E-state index in [-0.39, 0.29) is 36.9 Å². The van der Waals surface area contributed by atoms with Gasteiger partial charge >= 0.3 is 12.3 Å². The average Bonchev–Trinajstić information content (AvgIpc) is 3.72. The molecule has 0 radical (unpaired) electrons. The van der Waals surface area contributed by atoms with E-state index in [4.69, 9.17) is 20.9 Å². The summed E-state index contributed by atoms with van der Waals surface area (Å²) in [6.45, 7) is 7.39. The van der Waals surface area contributed by atoms with Gasteiger partial charge in [-0.15, -0.1) is 0 Å². The zero-order valence-electron chi connectivity index (χ0n) is 27.0. The number of hydrogen-bond donors (Lipinski definition) is 0. The zero-order valence-corrected chi connectivity index (χ0v) is 27.8. The summed E-state index contributed by atoms with van der Waals surface area (Å²) >= 11 is 6.73. The number of nitrogens with zero attached hydrogens (tertiary/aromatic N) is 7. The Hall–Kier alpha value is -4.40. The van der Waals surface area contributed by atoms with Crippen LogP contribution in [0.5, 0.6) is 0 Å². The zero-order chi connectivity index (χ0) is 34.7. The van der Waals surface area contributed by atoms with Crippen LogP contribution >= 0.6 is 11.6 Å². The van der Waals surface area contributed by atoms with Crippen LogP contribution in [0.3, 0.4) is 0 Å². The molecule has 0 spiro atoms. The molecular formula is C32H35ClF3N7O5. The normalized spacial score (nSPS) is 21.7. The molecule has 0 aliphatic carbocycles. The molecule has 0 N–H and O–H groups in total. The molecule has 2 aromatic heterocycles. The number of likely N-dealkylation sites (N-methyl/N-ethyl adjacent to an activating group) is 1. The topological polar surface area (TPSA) is 125 Å². The largest absolute Gasteiger partial charge is 0.444 e. The third-order valence-corrected chi connectivity index (χ3v) is 8.92. The van der Waals surface area contributed by atoms with Crippen LogP contribution in [0.2, 0.25) is 5.02 Å². The number of fused-ring (bicyclic) bond motifs is 2. The fourth-order valence-corrected chi connectivity index (χ4v) is 6.90. The smallest absolute Gasteiger partial charge is 0.416 e. The lowest BCUT2D eigenvalue weighted by Crippen LogP contribution is -2.52. The molecule has 48 heavy (non-hydrogen) atoms. The van der Waals surface area contributed by atoms with Crippen LogP contribution in [0.1, 0.15) is 69.0 Å². The number of benzene rings is 1. The van der Waals surface area contributed by atoms with Gasteiger partial charge in [-0.2, -0.15) is 18.2 Å². The minimum Gasteiger partial charge on any atom is -0.444 e. The number of rotatable bonds is 4. The third-order valence-electron chi connectivity index (χ3n) is 8.61. The van der Waals surface area contributed by atoms with Gasteiger partial charge in [0.15, 0.2) is 5.82 Å². The first kappa shape index (κ1) is 33.5. The number of carbonyl (C=O) groups is 3. The Kier molecular flexibility index (Phi) is 8.54. The van der Waals surface area contributed by atoms with E-state index in [1.54, 1.807) is 43.9 Å². The number of ether oxygens (including phenoxy) is 1. The minimum absolute atomic E-state index is 0.0310. The molecule has 256 valence electrons. The Morgan fingerprint density at radius 1 is 1.15 bits per heavy atom. The van der Waals surface area contributed by atoms with Crippen LogP contribution in [0, 0.1) is 12.8 Å². The van der Waals surface area contributed by atoms with E-state index in [0.29, 0.717) is 35.2 Å². The molecule has 3 aliphatic heterocycles. The average molecular weight is 690 g/mol. The van der Waals surface area contributed by atoms with Gasteiger partial charge < -0.3 is 19.1 Å². The van der Waals surface area contributed by atoms with Crippen LogP contribution in [0.25, 0.3) is 0 Å². The Morgan fingerprint density at radius 2 is 1.90 bits per heavy atom. The number of aromatic nitrogens is 3. The lowest BCUT2D eigenvalue weighted by molar-refractivity contribution is -0.137. The van der Waals surface area contributed by atoms with Crippen LogP contribution in [0.15, 0.2) is 34.9 Å². The van der Waals surface area contributed by atoms with Gasteiger partial charge in [-0.05, 0) is 64.8 Å². The lowest BCUT2D eigenvalue weighted by atomic mass is 9.95. The molecule has 3 aromatic rings. The molecule has 3 amide bonds. The highest BCUT2D eigenvalue weighted by Crippen LogP contribution is 2.43. The maximum atomic E-state index is 14.1. The first-order chi connectivity index (χ1) is 22.5. The van der Waals surface area contributed by atoms with Gasteiger partial charge in [-0.1, -0.05) is 22.8 Å². The summed E-state index contributed by atoms with van der Waals surface area (Å²) in [4.78, 5) is 55.2. The molecule has 2 saturated heterocycles. The SMILES string of the molecule is Cc1cc(C(F)(F)F)cc(N2C(=O)C[C@@H]3CN(Cc4nc([C@H]5CCCN5C(=O)OC(C)(C)C)no4)c4c(Cl)cccc4N(C)C(=O)[C@H]32)n1. The number of halogens is 4. The molecular weight excluding hydrogens is 655 g/mol. The summed E-state index contributed by atoms with van der Waals surface area (Å²) in [6, 6.07) is 5.13. The molecule has 0 unspecified atom stereocenters. The van der Waals surface area contributed by atoms with Crippen LogP contribution in [-0.2, 0) is 27.0 Å². The van der Waals surface area contributed by atoms with Crippen molar-refractivity contribution >= 4 is 46.7 Å². The molecule has 0 saturated carbocycles. The van der Waals surface area contributed by atoms with E-state index in [1.807, 2.05) is 4.90 Å². The van der Waals surface area contributed by atoms with Crippen molar-refractivity contribution in [3.63, 3.8) is 0 Å². The molecule has 1 aromatic carbocycles. The molecule has 16 heteroatoms. The number of hydrogen-bond acceptors (Lipinski definition) is 9. The van der Waals surface area contributed by atoms with E-state index < -0.39 is 53.2 Å². The van der Waals surface area contributed by atoms with E-state index in [1.165, 1.54) is 18.9 Å². The monoisotopic (exact) mass is 689 g/mol. The van der Waals surface area contributed by atoms with Crippen molar-refractivity contribution in [2.75, 3.05) is 34.8 Å². The molecule has 3 atom stereocenters. The van der Waals surface area contributed by atoms with Crippen molar-refractivity contribution in [3.8, 4) is 0 Å². The molecule has 2 fully saturated rings. The molecule has 0 bridgehead atoms. The van der Waals surface area contributed by atoms with Crippen molar-refractivity contribution in [3.05, 3.63) is 58.3 Å². The highest BCUT2D eigenvalue weighted by atomic mass is 35.5. The second kappa shape index (κ2) is 12.2. The molecule has 12 nitrogen and oxygen atoms in total. The fourth-order valence-electron chi connectivity index (χ4n) is 6.61. The maximum Gasteiger partial charge on any atom is 0.416 e. The van der Waals surface area contributed by atoms with Gasteiger partial charge in [0.25, 0.3) is 0 Å². The van der Waals surface area contributed by atoms with Crippen molar-refractivity contribution in [1.82, 2.24) is 20.0 Å². The van der Waals surface area contributed by atoms with Gasteiger partial charge in [0.2, 0.25) is 17.7 Å². The van der Waals surface area contributed by atoms with E-state index in [0.717, 1.165) is 23.5 Å². The lowest BCUT2D eigenvalue weighted by Gasteiger charge is -2.38. The summed E-state index contributed by atoms with van der Waals surface area (Å²) < 4.78 is 52.5. The van der Waals surface area contributed by atoms with Crippen LogP contribution in [0.4, 0.5) is 35.2 Å². The third kappa shape index (κ3) is 6.39. The summed E-state index contributed by atoms with van der Waals surface area (Å²) in [5.41, 5.74) is -0.675. The number of alkyl halides is 3.